The number of nitrogens with zero attached hydrogens (tertiary/aromatic N) is 3. The summed E-state index contributed by atoms with van der Waals surface area (Å²) in [5.41, 5.74) is 0.637. The minimum absolute atomic E-state index is 0.0120. The van der Waals surface area contributed by atoms with Crippen LogP contribution in [-0.4, -0.2) is 106 Å². The van der Waals surface area contributed by atoms with Crippen molar-refractivity contribution in [3.8, 4) is 5.75 Å². The molecule has 0 aromatic heterocycles. The fourth-order valence-corrected chi connectivity index (χ4v) is 9.00. The van der Waals surface area contributed by atoms with Gasteiger partial charge in [-0.1, -0.05) is 18.2 Å². The summed E-state index contributed by atoms with van der Waals surface area (Å²) in [5.74, 6) is -0.725. The SMILES string of the molecule is COC[C@H]1CN(C(=O)[C@@H]2CN([C@H]3CC[C@H](OC)CC3)C[C@H]2c2ccc(OC)cc2)C[C@@H]1c1ccc(C(F)(F)F)cc1N1CCC(C)(C(=O)O)CC1. The van der Waals surface area contributed by atoms with E-state index in [-0.39, 0.29) is 35.7 Å². The molecule has 4 fully saturated rings. The van der Waals surface area contributed by atoms with Crippen molar-refractivity contribution in [3.63, 3.8) is 0 Å². The molecule has 1 aliphatic carbocycles. The molecule has 0 radical (unpaired) electrons. The standard InChI is InChI=1S/C39H52F3N3O6/c1-38(37(47)48)15-17-43(18-16-38)35-19-27(39(40,41)42)7-14-31(35)33-22-45(20-26(33)24-49-2)36(46)34-23-44(28-8-12-30(51-4)13-9-28)21-32(34)25-5-10-29(50-3)11-6-25/h5-7,10-11,14,19,26,28,30,32-34H,8-9,12-13,15-18,20-24H2,1-4H3,(H,47,48)/t26-,28-,30-,32+,33+,34-/m1/s1. The van der Waals surface area contributed by atoms with Gasteiger partial charge in [0.15, 0.2) is 0 Å². The van der Waals surface area contributed by atoms with E-state index in [9.17, 15) is 27.9 Å². The zero-order valence-corrected chi connectivity index (χ0v) is 30.2. The highest BCUT2D eigenvalue weighted by atomic mass is 19.4. The van der Waals surface area contributed by atoms with Crippen molar-refractivity contribution >= 4 is 17.6 Å². The van der Waals surface area contributed by atoms with Gasteiger partial charge in [0, 0.05) is 83.0 Å². The first-order valence-corrected chi connectivity index (χ1v) is 18.2. The largest absolute Gasteiger partial charge is 0.497 e. The number of hydrogen-bond acceptors (Lipinski definition) is 7. The Balaban J connectivity index is 1.28. The van der Waals surface area contributed by atoms with E-state index < -0.39 is 23.1 Å². The molecular formula is C39H52F3N3O6. The number of rotatable bonds is 10. The summed E-state index contributed by atoms with van der Waals surface area (Å²) < 4.78 is 58.8. The highest BCUT2D eigenvalue weighted by Gasteiger charge is 2.47. The number of likely N-dealkylation sites (tertiary alicyclic amines) is 2. The monoisotopic (exact) mass is 715 g/mol. The van der Waals surface area contributed by atoms with Gasteiger partial charge < -0.3 is 29.1 Å². The second-order valence-corrected chi connectivity index (χ2v) is 15.3. The zero-order chi connectivity index (χ0) is 36.5. The number of carboxylic acids is 1. The topological polar surface area (TPSA) is 91.8 Å². The number of anilines is 1. The minimum Gasteiger partial charge on any atom is -0.497 e. The van der Waals surface area contributed by atoms with Crippen LogP contribution in [0.15, 0.2) is 42.5 Å². The highest BCUT2D eigenvalue weighted by Crippen LogP contribution is 2.45. The number of carboxylic acid groups (broad SMARTS) is 1. The third-order valence-electron chi connectivity index (χ3n) is 12.3. The number of aliphatic carboxylic acids is 1. The van der Waals surface area contributed by atoms with Crippen molar-refractivity contribution in [2.24, 2.45) is 17.3 Å². The highest BCUT2D eigenvalue weighted by molar-refractivity contribution is 5.81. The molecule has 1 N–H and O–H groups in total. The molecule has 4 aliphatic rings. The first-order valence-electron chi connectivity index (χ1n) is 18.2. The average Bonchev–Trinajstić information content (AvgIpc) is 3.77. The molecule has 6 rings (SSSR count). The van der Waals surface area contributed by atoms with Crippen LogP contribution in [0.1, 0.15) is 74.0 Å². The summed E-state index contributed by atoms with van der Waals surface area (Å²) >= 11 is 0. The molecule has 51 heavy (non-hydrogen) atoms. The van der Waals surface area contributed by atoms with Crippen molar-refractivity contribution in [1.29, 1.82) is 0 Å². The Hall–Kier alpha value is -3.35. The van der Waals surface area contributed by atoms with Gasteiger partial charge in [0.2, 0.25) is 5.91 Å². The van der Waals surface area contributed by atoms with Gasteiger partial charge in [-0.05, 0) is 80.8 Å². The number of hydrogen-bond donors (Lipinski definition) is 1. The fraction of sp³-hybridized carbons (Fsp3) is 0.641. The molecule has 12 heteroatoms. The summed E-state index contributed by atoms with van der Waals surface area (Å²) in [6.45, 7) is 4.95. The van der Waals surface area contributed by atoms with E-state index in [0.717, 1.165) is 55.2 Å². The van der Waals surface area contributed by atoms with Gasteiger partial charge in [0.1, 0.15) is 5.75 Å². The van der Waals surface area contributed by atoms with Gasteiger partial charge in [-0.2, -0.15) is 13.2 Å². The number of carbonyl (C=O) groups excluding carboxylic acids is 1. The lowest BCUT2D eigenvalue weighted by Crippen LogP contribution is -2.43. The molecule has 0 bridgehead atoms. The van der Waals surface area contributed by atoms with Gasteiger partial charge in [-0.3, -0.25) is 14.5 Å². The van der Waals surface area contributed by atoms with Gasteiger partial charge in [-0.25, -0.2) is 0 Å². The maximum atomic E-state index is 14.7. The molecule has 2 aromatic carbocycles. The average molecular weight is 716 g/mol. The van der Waals surface area contributed by atoms with Crippen LogP contribution in [0, 0.1) is 17.3 Å². The predicted octanol–water partition coefficient (Wildman–Crippen LogP) is 6.27. The van der Waals surface area contributed by atoms with Crippen molar-refractivity contribution in [2.75, 3.05) is 72.1 Å². The lowest BCUT2D eigenvalue weighted by Gasteiger charge is -2.39. The van der Waals surface area contributed by atoms with Gasteiger partial charge >= 0.3 is 12.1 Å². The molecule has 1 amide bonds. The van der Waals surface area contributed by atoms with Crippen molar-refractivity contribution < 1.29 is 42.1 Å². The first-order chi connectivity index (χ1) is 24.3. The smallest absolute Gasteiger partial charge is 0.416 e. The lowest BCUT2D eigenvalue weighted by atomic mass is 9.79. The van der Waals surface area contributed by atoms with E-state index in [1.54, 1.807) is 34.3 Å². The predicted molar refractivity (Wildman–Crippen MR) is 187 cm³/mol. The molecule has 0 unspecified atom stereocenters. The second kappa shape index (κ2) is 15.3. The Morgan fingerprint density at radius 3 is 2.18 bits per heavy atom. The fourth-order valence-electron chi connectivity index (χ4n) is 9.00. The van der Waals surface area contributed by atoms with Crippen LogP contribution in [-0.2, 0) is 25.2 Å². The van der Waals surface area contributed by atoms with Gasteiger partial charge in [0.25, 0.3) is 0 Å². The zero-order valence-electron chi connectivity index (χ0n) is 30.2. The molecule has 9 nitrogen and oxygen atoms in total. The van der Waals surface area contributed by atoms with Gasteiger partial charge in [-0.15, -0.1) is 0 Å². The number of ether oxygens (including phenoxy) is 3. The quantitative estimate of drug-likeness (QED) is 0.308. The third kappa shape index (κ3) is 7.88. The van der Waals surface area contributed by atoms with E-state index in [1.165, 1.54) is 6.07 Å². The van der Waals surface area contributed by atoms with E-state index in [1.807, 2.05) is 21.9 Å². The number of alkyl halides is 3. The van der Waals surface area contributed by atoms with Gasteiger partial charge in [0.05, 0.1) is 36.7 Å². The number of piperidine rings is 1. The van der Waals surface area contributed by atoms with E-state index in [2.05, 4.69) is 17.0 Å². The Morgan fingerprint density at radius 2 is 1.59 bits per heavy atom. The maximum Gasteiger partial charge on any atom is 0.416 e. The van der Waals surface area contributed by atoms with Crippen LogP contribution in [0.5, 0.6) is 5.75 Å². The number of halogens is 3. The molecule has 4 atom stereocenters. The normalized spacial score (nSPS) is 28.6. The molecule has 2 aromatic rings. The molecule has 280 valence electrons. The number of carbonyl (C=O) groups is 2. The Bertz CT molecular complexity index is 1520. The number of amides is 1. The summed E-state index contributed by atoms with van der Waals surface area (Å²) in [5, 5.41) is 9.79. The molecular weight excluding hydrogens is 663 g/mol. The van der Waals surface area contributed by atoms with Crippen LogP contribution < -0.4 is 9.64 Å². The third-order valence-corrected chi connectivity index (χ3v) is 12.3. The Kier molecular flexibility index (Phi) is 11.2. The van der Waals surface area contributed by atoms with Crippen LogP contribution in [0.3, 0.4) is 0 Å². The van der Waals surface area contributed by atoms with E-state index in [0.29, 0.717) is 63.9 Å². The summed E-state index contributed by atoms with van der Waals surface area (Å²) in [6.07, 6.45) is 0.440. The molecule has 3 aliphatic heterocycles. The Labute approximate surface area is 299 Å². The molecule has 3 saturated heterocycles. The van der Waals surface area contributed by atoms with Crippen LogP contribution in [0.25, 0.3) is 0 Å². The van der Waals surface area contributed by atoms with E-state index >= 15 is 0 Å². The summed E-state index contributed by atoms with van der Waals surface area (Å²) in [4.78, 5) is 33.0. The van der Waals surface area contributed by atoms with Crippen molar-refractivity contribution in [3.05, 3.63) is 59.2 Å². The summed E-state index contributed by atoms with van der Waals surface area (Å²) in [7, 11) is 5.01. The van der Waals surface area contributed by atoms with Crippen LogP contribution in [0.4, 0.5) is 18.9 Å². The first kappa shape index (κ1) is 37.4. The van der Waals surface area contributed by atoms with E-state index in [4.69, 9.17) is 14.2 Å². The maximum absolute atomic E-state index is 14.7. The molecule has 0 spiro atoms. The number of methoxy groups -OCH3 is 3. The molecule has 1 saturated carbocycles. The van der Waals surface area contributed by atoms with Crippen molar-refractivity contribution in [2.45, 2.75) is 75.6 Å². The lowest BCUT2D eigenvalue weighted by molar-refractivity contribution is -0.149. The minimum atomic E-state index is -4.53. The molecule has 3 heterocycles. The number of benzene rings is 2. The summed E-state index contributed by atoms with van der Waals surface area (Å²) in [6, 6.07) is 12.3. The van der Waals surface area contributed by atoms with Crippen LogP contribution in [0.2, 0.25) is 0 Å². The van der Waals surface area contributed by atoms with Crippen molar-refractivity contribution in [1.82, 2.24) is 9.80 Å². The van der Waals surface area contributed by atoms with Crippen LogP contribution >= 0.6 is 0 Å². The Morgan fingerprint density at radius 1 is 0.902 bits per heavy atom. The second-order valence-electron chi connectivity index (χ2n) is 15.3.